The summed E-state index contributed by atoms with van der Waals surface area (Å²) < 4.78 is 86.2. The molecule has 2 amide bonds. The van der Waals surface area contributed by atoms with Crippen LogP contribution in [-0.4, -0.2) is 208 Å². The van der Waals surface area contributed by atoms with Crippen LogP contribution in [0.15, 0.2) is 120 Å². The number of ether oxygens (including phenoxy) is 2. The maximum Gasteiger partial charge on any atom is 1.00 e. The van der Waals surface area contributed by atoms with Gasteiger partial charge in [-0.05, 0) is 271 Å². The van der Waals surface area contributed by atoms with Crippen LogP contribution in [0, 0.1) is 23.7 Å². The molecule has 2 fully saturated rings. The minimum atomic E-state index is -5.84. The first-order chi connectivity index (χ1) is 47.9. The largest absolute Gasteiger partial charge is 1.00 e. The fraction of sp³-hybridized carbons (Fsp3) is 0.617. The van der Waals surface area contributed by atoms with E-state index in [1.807, 2.05) is 20.8 Å². The minimum Gasteiger partial charge on any atom is -1.00 e. The molecule has 0 saturated carbocycles. The number of nitrogens with one attached hydrogen (secondary N) is 1. The molecule has 0 bridgehead atoms. The van der Waals surface area contributed by atoms with Crippen LogP contribution >= 0.6 is 0 Å². The van der Waals surface area contributed by atoms with Crippen molar-refractivity contribution in [1.29, 1.82) is 0 Å². The van der Waals surface area contributed by atoms with E-state index < -0.39 is 38.8 Å². The Hall–Kier alpha value is -5.04. The van der Waals surface area contributed by atoms with Gasteiger partial charge in [0.2, 0.25) is 5.88 Å². The Morgan fingerprint density at radius 2 is 0.981 bits per heavy atom. The molecule has 9 rings (SSSR count). The van der Waals surface area contributed by atoms with E-state index in [0.29, 0.717) is 18.5 Å². The van der Waals surface area contributed by atoms with Crippen molar-refractivity contribution in [2.45, 2.75) is 195 Å². The Morgan fingerprint density at radius 3 is 1.37 bits per heavy atom. The molecule has 579 valence electrons. The molecule has 0 aliphatic carbocycles. The van der Waals surface area contributed by atoms with Gasteiger partial charge in [-0.3, -0.25) is 9.89 Å². The summed E-state index contributed by atoms with van der Waals surface area (Å²) in [5.41, 5.74) is 5.22. The van der Waals surface area contributed by atoms with Crippen molar-refractivity contribution in [3.8, 4) is 0 Å². The third-order valence-electron chi connectivity index (χ3n) is 18.6. The van der Waals surface area contributed by atoms with E-state index in [0.717, 1.165) is 117 Å². The third-order valence-corrected chi connectivity index (χ3v) is 19.6. The number of benzene rings is 4. The number of allylic oxidation sites excluding steroid dienone is 2. The number of piperidine rings is 1. The molecule has 3 radical (unpaired) electrons. The molecular weight excluding hydrogens is 1360 g/mol. The van der Waals surface area contributed by atoms with Gasteiger partial charge in [0.1, 0.15) is 11.2 Å². The van der Waals surface area contributed by atoms with Crippen molar-refractivity contribution in [2.75, 3.05) is 109 Å². The van der Waals surface area contributed by atoms with Gasteiger partial charge in [-0.1, -0.05) is 131 Å². The Kier molecular flexibility index (Phi) is 38.4. The molecule has 2 saturated heterocycles. The molecule has 0 unspecified atom stereocenters. The standard InChI is InChI=1S/C21H32N2O2.C16H26BNO2.C16H26N2.C16H24N2.C12H18F3NO5S.B.Na.H/c1-16-7-12-19(23(15-16)20(24)25-21(2,3)4)18-10-8-17(9-11-18)13-14-22(5)6;1-15(2)16(3,4)20-17(19-15)14-9-7-13(8-10-14)11-12-18(5)6;2*1-13-4-9-16(17-12-13)15-7-5-14(6-8-15)10-11-18(2)3;1-8-5-6-9(21-22(18,19)12(13,14)15)16(7-8)10(17)20-11(2,3)4;;;/h8-12,16H,7,13-15H2,1-6H3;7-10H,11-12H2,1-6H3;5-8,13,16-17H,4,9-12H2,1-3H3;5-8,13H,4,9-12H2,1-3H3;6,8H,5,7H2,1-4H3;;;/q;;;;;;+1;-1/t16-;;13-,16+;13-;8-;;;/m0.000.../s1. The predicted octanol–water partition coefficient (Wildman–Crippen LogP) is 12.1. The molecule has 17 nitrogen and oxygen atoms in total. The van der Waals surface area contributed by atoms with Crippen LogP contribution in [-0.2, 0) is 58.8 Å². The predicted molar refractivity (Wildman–Crippen MR) is 422 cm³/mol. The number of carbonyl (C=O) groups is 2. The average Bonchev–Trinajstić information content (AvgIpc) is 1.30. The average molecular weight is 1490 g/mol. The third kappa shape index (κ3) is 33.0. The van der Waals surface area contributed by atoms with Crippen molar-refractivity contribution in [3.05, 3.63) is 154 Å². The van der Waals surface area contributed by atoms with Crippen LogP contribution < -0.4 is 40.3 Å². The zero-order chi connectivity index (χ0) is 76.8. The summed E-state index contributed by atoms with van der Waals surface area (Å²) in [4.78, 5) is 40.7. The zero-order valence-electron chi connectivity index (χ0n) is 69.0. The van der Waals surface area contributed by atoms with Crippen LogP contribution in [0.25, 0.3) is 5.70 Å². The van der Waals surface area contributed by atoms with E-state index in [1.165, 1.54) is 58.4 Å². The second-order valence-corrected chi connectivity index (χ2v) is 34.3. The number of hydrogen-bond acceptors (Lipinski definition) is 15. The van der Waals surface area contributed by atoms with E-state index in [1.54, 1.807) is 32.6 Å². The topological polar surface area (TPSA) is 158 Å². The maximum absolute atomic E-state index is 12.6. The van der Waals surface area contributed by atoms with Gasteiger partial charge in [0, 0.05) is 66.0 Å². The summed E-state index contributed by atoms with van der Waals surface area (Å²) in [6.07, 6.45) is 12.7. The zero-order valence-corrected chi connectivity index (χ0v) is 70.8. The monoisotopic (exact) mass is 1490 g/mol. The van der Waals surface area contributed by atoms with E-state index in [2.05, 4.69) is 237 Å². The minimum absolute atomic E-state index is 0. The van der Waals surface area contributed by atoms with Crippen molar-refractivity contribution in [3.63, 3.8) is 0 Å². The molecule has 0 aromatic heterocycles. The van der Waals surface area contributed by atoms with Crippen molar-refractivity contribution < 1.29 is 85.1 Å². The number of likely N-dealkylation sites (N-methyl/N-ethyl adjacent to an activating group) is 4. The summed E-state index contributed by atoms with van der Waals surface area (Å²) in [7, 11) is 10.7. The van der Waals surface area contributed by atoms with Crippen molar-refractivity contribution in [2.24, 2.45) is 28.7 Å². The number of amides is 2. The molecule has 24 heteroatoms. The van der Waals surface area contributed by atoms with Gasteiger partial charge in [-0.25, -0.2) is 14.5 Å². The smallest absolute Gasteiger partial charge is 1.00 e. The Labute approximate surface area is 656 Å². The SMILES string of the molecule is CN(C)CCc1ccc(B2OC(C)(C)C(C)(C)O2)cc1.C[C@H]1CC=C(OS(=O)(=O)C(F)(F)F)N(C(=O)OC(C)(C)C)C1.C[C@H]1CC=C(c2ccc(CCN(C)C)cc2)N(C(=O)OC(C)(C)C)C1.C[C@H]1CCC(c2ccc(CCN(C)C)cc2)=NC1.C[C@H]1CC[C@H](c2ccc(CCN(C)C)cc2)NC1.[B].[H-].[Na+]. The van der Waals surface area contributed by atoms with Gasteiger partial charge < -0.3 is 49.3 Å². The number of rotatable bonds is 18. The van der Waals surface area contributed by atoms with Crippen molar-refractivity contribution >= 4 is 54.7 Å². The Morgan fingerprint density at radius 1 is 0.581 bits per heavy atom. The number of carbonyl (C=O) groups excluding carboxylic acids is 2. The maximum atomic E-state index is 12.6. The number of halogens is 3. The molecule has 0 spiro atoms. The fourth-order valence-electron chi connectivity index (χ4n) is 11.5. The van der Waals surface area contributed by atoms with Crippen LogP contribution in [0.1, 0.15) is 182 Å². The first-order valence-electron chi connectivity index (χ1n) is 36.9. The quantitative estimate of drug-likeness (QED) is 0.0570. The van der Waals surface area contributed by atoms with Crippen LogP contribution in [0.4, 0.5) is 22.8 Å². The molecule has 4 aromatic rings. The van der Waals surface area contributed by atoms with Gasteiger partial charge in [0.05, 0.1) is 16.9 Å². The number of nitrogens with zero attached hydrogens (tertiary/aromatic N) is 7. The summed E-state index contributed by atoms with van der Waals surface area (Å²) in [5, 5.41) is 3.65. The van der Waals surface area contributed by atoms with Crippen LogP contribution in [0.3, 0.4) is 0 Å². The van der Waals surface area contributed by atoms with E-state index >= 15 is 0 Å². The van der Waals surface area contributed by atoms with Crippen LogP contribution in [0.5, 0.6) is 0 Å². The normalized spacial score (nSPS) is 20.2. The molecule has 5 aliphatic rings. The first-order valence-corrected chi connectivity index (χ1v) is 38.3. The van der Waals surface area contributed by atoms with Gasteiger partial charge in [0.25, 0.3) is 0 Å². The molecule has 5 atom stereocenters. The molecule has 4 aromatic carbocycles. The van der Waals surface area contributed by atoms with Gasteiger partial charge >= 0.3 is 64.5 Å². The van der Waals surface area contributed by atoms with E-state index in [4.69, 9.17) is 23.8 Å². The number of aliphatic imine (C=N–C) groups is 1. The second-order valence-electron chi connectivity index (χ2n) is 32.7. The summed E-state index contributed by atoms with van der Waals surface area (Å²) in [6.45, 7) is 34.5. The summed E-state index contributed by atoms with van der Waals surface area (Å²) in [5.74, 6) is 1.27. The van der Waals surface area contributed by atoms with Gasteiger partial charge in [0.15, 0.2) is 0 Å². The molecule has 5 heterocycles. The molecule has 5 aliphatic heterocycles. The van der Waals surface area contributed by atoms with E-state index in [9.17, 15) is 31.2 Å². The molecule has 1 N–H and O–H groups in total. The Balaban J connectivity index is 0.000000449. The fourth-order valence-corrected chi connectivity index (χ4v) is 11.9. The first kappa shape index (κ1) is 94.2. The Bertz CT molecular complexity index is 3460. The van der Waals surface area contributed by atoms with Crippen molar-refractivity contribution in [1.82, 2.24) is 34.7 Å². The number of alkyl halides is 3. The van der Waals surface area contributed by atoms with E-state index in [-0.39, 0.29) is 82.7 Å². The number of hydrogen-bond donors (Lipinski definition) is 1. The second kappa shape index (κ2) is 42.8. The van der Waals surface area contributed by atoms with Gasteiger partial charge in [-0.2, -0.15) is 21.6 Å². The summed E-state index contributed by atoms with van der Waals surface area (Å²) >= 11 is 0. The van der Waals surface area contributed by atoms with Gasteiger partial charge in [-0.15, -0.1) is 0 Å². The molecule has 105 heavy (non-hydrogen) atoms. The molecular formula is C81H127B2F3N8NaO9S. The van der Waals surface area contributed by atoms with Crippen LogP contribution in [0.2, 0.25) is 0 Å². The summed E-state index contributed by atoms with van der Waals surface area (Å²) in [6, 6.07) is 35.9.